The van der Waals surface area contributed by atoms with E-state index in [1.165, 1.54) is 12.8 Å². The van der Waals surface area contributed by atoms with Gasteiger partial charge in [-0.3, -0.25) is 4.90 Å². The van der Waals surface area contributed by atoms with E-state index in [0.717, 1.165) is 25.6 Å². The molecule has 1 saturated carbocycles. The molecule has 4 heteroatoms. The van der Waals surface area contributed by atoms with E-state index in [1.54, 1.807) is 0 Å². The number of aliphatic hydroxyl groups is 1. The highest BCUT2D eigenvalue weighted by Crippen LogP contribution is 2.34. The molecule has 1 atom stereocenters. The molecule has 3 N–H and O–H groups in total. The molecule has 1 aliphatic carbocycles. The van der Waals surface area contributed by atoms with Crippen LogP contribution in [0.25, 0.3) is 0 Å². The number of hydrogen-bond donors (Lipinski definition) is 2. The predicted molar refractivity (Wildman–Crippen MR) is 54.0 cm³/mol. The fraction of sp³-hybridized carbons (Fsp3) is 1.00. The number of rotatable bonds is 5. The first kappa shape index (κ1) is 10.4. The molecule has 0 radical (unpaired) electrons. The van der Waals surface area contributed by atoms with E-state index in [4.69, 9.17) is 15.6 Å². The molecule has 0 spiro atoms. The van der Waals surface area contributed by atoms with Crippen LogP contribution in [0.2, 0.25) is 0 Å². The maximum Gasteiger partial charge on any atom is 0.0943 e. The normalized spacial score (nSPS) is 33.9. The first-order valence-corrected chi connectivity index (χ1v) is 5.49. The van der Waals surface area contributed by atoms with Gasteiger partial charge in [0, 0.05) is 25.7 Å². The average molecular weight is 200 g/mol. The summed E-state index contributed by atoms with van der Waals surface area (Å²) in [4.78, 5) is 2.48. The second-order valence-electron chi connectivity index (χ2n) is 4.41. The van der Waals surface area contributed by atoms with Gasteiger partial charge in [-0.05, 0) is 19.3 Å². The topological polar surface area (TPSA) is 58.7 Å². The first-order valence-electron chi connectivity index (χ1n) is 5.49. The van der Waals surface area contributed by atoms with Gasteiger partial charge < -0.3 is 15.6 Å². The third kappa shape index (κ3) is 2.08. The van der Waals surface area contributed by atoms with Crippen LogP contribution in [0.3, 0.4) is 0 Å². The highest BCUT2D eigenvalue weighted by molar-refractivity contribution is 4.98. The molecule has 1 aliphatic heterocycles. The Balaban J connectivity index is 1.86. The summed E-state index contributed by atoms with van der Waals surface area (Å²) in [6.07, 6.45) is 3.68. The second-order valence-corrected chi connectivity index (χ2v) is 4.41. The maximum absolute atomic E-state index is 8.74. The lowest BCUT2D eigenvalue weighted by Gasteiger charge is -2.28. The Morgan fingerprint density at radius 3 is 2.86 bits per heavy atom. The molecule has 2 aliphatic rings. The Morgan fingerprint density at radius 1 is 1.50 bits per heavy atom. The van der Waals surface area contributed by atoms with Crippen LogP contribution in [0.5, 0.6) is 0 Å². The van der Waals surface area contributed by atoms with Crippen molar-refractivity contribution in [2.45, 2.75) is 30.9 Å². The molecule has 1 unspecified atom stereocenters. The summed E-state index contributed by atoms with van der Waals surface area (Å²) in [5, 5.41) is 8.74. The van der Waals surface area contributed by atoms with Crippen LogP contribution in [-0.4, -0.2) is 54.5 Å². The number of aliphatic hydroxyl groups excluding tert-OH is 1. The summed E-state index contributed by atoms with van der Waals surface area (Å²) in [5.41, 5.74) is 5.58. The van der Waals surface area contributed by atoms with Gasteiger partial charge in [0.05, 0.1) is 18.8 Å². The molecule has 2 fully saturated rings. The van der Waals surface area contributed by atoms with Crippen LogP contribution in [0.15, 0.2) is 0 Å². The minimum absolute atomic E-state index is 0.0885. The number of likely N-dealkylation sites (tertiary alicyclic amines) is 1. The minimum Gasteiger partial charge on any atom is -0.394 e. The van der Waals surface area contributed by atoms with E-state index < -0.39 is 0 Å². The number of ether oxygens (including phenoxy) is 1. The smallest absolute Gasteiger partial charge is 0.0943 e. The Hall–Kier alpha value is -0.160. The van der Waals surface area contributed by atoms with Crippen LogP contribution in [0.1, 0.15) is 19.3 Å². The lowest BCUT2D eigenvalue weighted by Crippen LogP contribution is -2.44. The zero-order valence-electron chi connectivity index (χ0n) is 8.61. The van der Waals surface area contributed by atoms with Gasteiger partial charge in [0.15, 0.2) is 0 Å². The van der Waals surface area contributed by atoms with Crippen LogP contribution in [-0.2, 0) is 4.74 Å². The van der Waals surface area contributed by atoms with Gasteiger partial charge in [-0.15, -0.1) is 0 Å². The van der Waals surface area contributed by atoms with Crippen LogP contribution >= 0.6 is 0 Å². The Bertz CT molecular complexity index is 197. The molecule has 14 heavy (non-hydrogen) atoms. The Kier molecular flexibility index (Phi) is 3.07. The molecule has 1 heterocycles. The van der Waals surface area contributed by atoms with Gasteiger partial charge in [0.1, 0.15) is 0 Å². The van der Waals surface area contributed by atoms with Crippen molar-refractivity contribution in [3.05, 3.63) is 0 Å². The van der Waals surface area contributed by atoms with E-state index in [0.29, 0.717) is 13.2 Å². The number of nitrogens with two attached hydrogens (primary N) is 1. The van der Waals surface area contributed by atoms with E-state index in [1.807, 2.05) is 0 Å². The number of hydrogen-bond acceptors (Lipinski definition) is 4. The molecule has 0 aromatic heterocycles. The van der Waals surface area contributed by atoms with E-state index in [9.17, 15) is 0 Å². The lowest BCUT2D eigenvalue weighted by molar-refractivity contribution is -0.0446. The van der Waals surface area contributed by atoms with Gasteiger partial charge >= 0.3 is 0 Å². The van der Waals surface area contributed by atoms with E-state index in [2.05, 4.69) is 4.90 Å². The zero-order chi connectivity index (χ0) is 10.0. The summed E-state index contributed by atoms with van der Waals surface area (Å²) in [6, 6.07) is 0.793. The monoisotopic (exact) mass is 200 g/mol. The molecule has 4 nitrogen and oxygen atoms in total. The Morgan fingerprint density at radius 2 is 2.29 bits per heavy atom. The zero-order valence-corrected chi connectivity index (χ0v) is 8.61. The number of nitrogens with zero attached hydrogens (tertiary/aromatic N) is 1. The van der Waals surface area contributed by atoms with E-state index in [-0.39, 0.29) is 12.2 Å². The quantitative estimate of drug-likeness (QED) is 0.632. The van der Waals surface area contributed by atoms with E-state index >= 15 is 0 Å². The average Bonchev–Trinajstić information content (AvgIpc) is 2.98. The summed E-state index contributed by atoms with van der Waals surface area (Å²) in [7, 11) is 0. The second kappa shape index (κ2) is 4.14. The summed E-state index contributed by atoms with van der Waals surface area (Å²) < 4.78 is 5.68. The highest BCUT2D eigenvalue weighted by Gasteiger charge is 2.43. The third-order valence-electron chi connectivity index (χ3n) is 3.28. The molecule has 2 rings (SSSR count). The first-order chi connectivity index (χ1) is 6.79. The lowest BCUT2D eigenvalue weighted by atomic mass is 10.0. The van der Waals surface area contributed by atoms with Gasteiger partial charge in [0.2, 0.25) is 0 Å². The standard InChI is InChI=1S/C10H20N2O2/c11-7-10(14-6-5-13)3-4-12(8-10)9-1-2-9/h9,13H,1-8,11H2. The molecule has 0 aromatic carbocycles. The minimum atomic E-state index is -0.175. The molecule has 82 valence electrons. The van der Waals surface area contributed by atoms with Gasteiger partial charge in [0.25, 0.3) is 0 Å². The van der Waals surface area contributed by atoms with Crippen molar-refractivity contribution in [2.24, 2.45) is 5.73 Å². The molecule has 0 aromatic rings. The fourth-order valence-corrected chi connectivity index (χ4v) is 2.23. The molecule has 0 amide bonds. The van der Waals surface area contributed by atoms with Crippen LogP contribution in [0, 0.1) is 0 Å². The van der Waals surface area contributed by atoms with Gasteiger partial charge in [-0.25, -0.2) is 0 Å². The van der Waals surface area contributed by atoms with Crippen molar-refractivity contribution < 1.29 is 9.84 Å². The SMILES string of the molecule is NCC1(OCCO)CCN(C2CC2)C1. The Labute approximate surface area is 85.0 Å². The molecule has 0 bridgehead atoms. The highest BCUT2D eigenvalue weighted by atomic mass is 16.5. The predicted octanol–water partition coefficient (Wildman–Crippen LogP) is -0.439. The summed E-state index contributed by atoms with van der Waals surface area (Å²) in [5.74, 6) is 0. The van der Waals surface area contributed by atoms with Crippen molar-refractivity contribution in [3.63, 3.8) is 0 Å². The fourth-order valence-electron chi connectivity index (χ4n) is 2.23. The van der Waals surface area contributed by atoms with Crippen LogP contribution in [0.4, 0.5) is 0 Å². The van der Waals surface area contributed by atoms with Crippen molar-refractivity contribution in [2.75, 3.05) is 32.8 Å². The van der Waals surface area contributed by atoms with Gasteiger partial charge in [-0.2, -0.15) is 0 Å². The summed E-state index contributed by atoms with van der Waals surface area (Å²) in [6.45, 7) is 3.12. The molecular weight excluding hydrogens is 180 g/mol. The van der Waals surface area contributed by atoms with Crippen molar-refractivity contribution in [1.82, 2.24) is 4.90 Å². The van der Waals surface area contributed by atoms with Crippen molar-refractivity contribution in [3.8, 4) is 0 Å². The summed E-state index contributed by atoms with van der Waals surface area (Å²) >= 11 is 0. The largest absolute Gasteiger partial charge is 0.394 e. The van der Waals surface area contributed by atoms with Crippen LogP contribution < -0.4 is 5.73 Å². The molecule has 1 saturated heterocycles. The third-order valence-corrected chi connectivity index (χ3v) is 3.28. The molecular formula is C10H20N2O2. The van der Waals surface area contributed by atoms with Crippen molar-refractivity contribution >= 4 is 0 Å². The maximum atomic E-state index is 8.74. The van der Waals surface area contributed by atoms with Gasteiger partial charge in [-0.1, -0.05) is 0 Å². The van der Waals surface area contributed by atoms with Crippen molar-refractivity contribution in [1.29, 1.82) is 0 Å².